The number of para-hydroxylation sites is 1. The molecule has 0 bridgehead atoms. The first kappa shape index (κ1) is 12.6. The Morgan fingerprint density at radius 1 is 1.05 bits per heavy atom. The van der Waals surface area contributed by atoms with Crippen LogP contribution in [0.5, 0.6) is 5.75 Å². The van der Waals surface area contributed by atoms with Crippen LogP contribution in [0.15, 0.2) is 54.6 Å². The molecule has 0 radical (unpaired) electrons. The molecule has 102 valence electrons. The van der Waals surface area contributed by atoms with E-state index in [2.05, 4.69) is 0 Å². The summed E-state index contributed by atoms with van der Waals surface area (Å²) in [5.41, 5.74) is 1.14. The van der Waals surface area contributed by atoms with Gasteiger partial charge in [-0.2, -0.15) is 0 Å². The molecule has 0 unspecified atom stereocenters. The third kappa shape index (κ3) is 2.02. The van der Waals surface area contributed by atoms with E-state index in [4.69, 9.17) is 4.74 Å². The average Bonchev–Trinajstić information content (AvgIpc) is 2.47. The van der Waals surface area contributed by atoms with Crippen LogP contribution in [0.2, 0.25) is 0 Å². The Hall–Kier alpha value is -2.40. The maximum atomic E-state index is 11.3. The average molecular weight is 271 g/mol. The molecule has 0 aliphatic carbocycles. The highest BCUT2D eigenvalue weighted by atomic mass is 16.6. The second-order valence-corrected chi connectivity index (χ2v) is 4.71. The van der Waals surface area contributed by atoms with Gasteiger partial charge in [0.15, 0.2) is 12.2 Å². The molecule has 0 amide bonds. The lowest BCUT2D eigenvalue weighted by Gasteiger charge is -2.32. The highest BCUT2D eigenvalue weighted by molar-refractivity contribution is 5.39. The van der Waals surface area contributed by atoms with Crippen molar-refractivity contribution in [2.45, 2.75) is 18.2 Å². The van der Waals surface area contributed by atoms with Crippen LogP contribution in [0.3, 0.4) is 0 Å². The second-order valence-electron chi connectivity index (χ2n) is 4.71. The van der Waals surface area contributed by atoms with Crippen molar-refractivity contribution < 1.29 is 14.8 Å². The van der Waals surface area contributed by atoms with Gasteiger partial charge in [-0.05, 0) is 11.6 Å². The third-order valence-corrected chi connectivity index (χ3v) is 3.50. The molecular weight excluding hydrogens is 258 g/mol. The summed E-state index contributed by atoms with van der Waals surface area (Å²) in [5.74, 6) is 0.493. The molecule has 2 aromatic rings. The zero-order chi connectivity index (χ0) is 14.1. The Bertz CT molecular complexity index is 629. The highest BCUT2D eigenvalue weighted by Crippen LogP contribution is 2.41. The molecule has 3 rings (SSSR count). The van der Waals surface area contributed by atoms with Gasteiger partial charge in [0, 0.05) is 10.5 Å². The molecule has 0 saturated carbocycles. The number of aliphatic hydroxyl groups is 1. The summed E-state index contributed by atoms with van der Waals surface area (Å²) in [6.07, 6.45) is -1.98. The number of ether oxygens (including phenoxy) is 1. The Kier molecular flexibility index (Phi) is 3.12. The van der Waals surface area contributed by atoms with E-state index in [0.717, 1.165) is 0 Å². The number of hydrogen-bond acceptors (Lipinski definition) is 4. The van der Waals surface area contributed by atoms with Crippen LogP contribution in [0.1, 0.15) is 23.3 Å². The first-order chi connectivity index (χ1) is 9.68. The molecule has 1 aliphatic rings. The van der Waals surface area contributed by atoms with Gasteiger partial charge in [-0.15, -0.1) is 0 Å². The number of aliphatic hydroxyl groups excluding tert-OH is 1. The lowest BCUT2D eigenvalue weighted by molar-refractivity contribution is -0.549. The Balaban J connectivity index is 2.08. The van der Waals surface area contributed by atoms with E-state index in [9.17, 15) is 15.2 Å². The summed E-state index contributed by atoms with van der Waals surface area (Å²) in [6, 6.07) is 14.6. The van der Waals surface area contributed by atoms with E-state index in [-0.39, 0.29) is 0 Å². The summed E-state index contributed by atoms with van der Waals surface area (Å²) < 4.78 is 5.76. The predicted molar refractivity (Wildman–Crippen MR) is 72.0 cm³/mol. The normalized spacial score (nSPS) is 24.6. The standard InChI is InChI=1S/C15H13NO4/c17-14-11-8-4-5-9-12(11)20-15(13(14)16(18)19)10-6-2-1-3-7-10/h1-9,13-15,17H/t13-,14-,15-/m1/s1. The Morgan fingerprint density at radius 2 is 1.70 bits per heavy atom. The van der Waals surface area contributed by atoms with Crippen molar-refractivity contribution in [3.8, 4) is 5.75 Å². The molecule has 2 aromatic carbocycles. The quantitative estimate of drug-likeness (QED) is 0.672. The van der Waals surface area contributed by atoms with Crippen LogP contribution in [-0.2, 0) is 0 Å². The van der Waals surface area contributed by atoms with Gasteiger partial charge in [0.1, 0.15) is 5.75 Å². The topological polar surface area (TPSA) is 72.6 Å². The summed E-state index contributed by atoms with van der Waals surface area (Å²) in [4.78, 5) is 10.8. The summed E-state index contributed by atoms with van der Waals surface area (Å²) >= 11 is 0. The van der Waals surface area contributed by atoms with Gasteiger partial charge in [0.05, 0.1) is 0 Å². The smallest absolute Gasteiger partial charge is 0.283 e. The number of hydrogen-bond donors (Lipinski definition) is 1. The molecule has 5 heteroatoms. The molecule has 1 heterocycles. The summed E-state index contributed by atoms with van der Waals surface area (Å²) in [7, 11) is 0. The number of rotatable bonds is 2. The van der Waals surface area contributed by atoms with Gasteiger partial charge < -0.3 is 9.84 Å². The Morgan fingerprint density at radius 3 is 2.40 bits per heavy atom. The van der Waals surface area contributed by atoms with E-state index < -0.39 is 23.2 Å². The van der Waals surface area contributed by atoms with E-state index in [1.165, 1.54) is 0 Å². The van der Waals surface area contributed by atoms with Crippen LogP contribution in [0.25, 0.3) is 0 Å². The molecule has 5 nitrogen and oxygen atoms in total. The Labute approximate surface area is 115 Å². The monoisotopic (exact) mass is 271 g/mol. The fourth-order valence-corrected chi connectivity index (χ4v) is 2.52. The number of fused-ring (bicyclic) bond motifs is 1. The van der Waals surface area contributed by atoms with Gasteiger partial charge in [-0.25, -0.2) is 0 Å². The third-order valence-electron chi connectivity index (χ3n) is 3.50. The van der Waals surface area contributed by atoms with E-state index in [0.29, 0.717) is 16.9 Å². The zero-order valence-corrected chi connectivity index (χ0v) is 10.5. The van der Waals surface area contributed by atoms with Gasteiger partial charge in [0.2, 0.25) is 0 Å². The number of nitrogens with zero attached hydrogens (tertiary/aromatic N) is 1. The van der Waals surface area contributed by atoms with Crippen molar-refractivity contribution >= 4 is 0 Å². The van der Waals surface area contributed by atoms with Gasteiger partial charge in [-0.1, -0.05) is 48.5 Å². The maximum Gasteiger partial charge on any atom is 0.283 e. The van der Waals surface area contributed by atoms with Crippen LogP contribution in [0.4, 0.5) is 0 Å². The molecule has 1 N–H and O–H groups in total. The minimum Gasteiger partial charge on any atom is -0.478 e. The highest BCUT2D eigenvalue weighted by Gasteiger charge is 2.46. The summed E-state index contributed by atoms with van der Waals surface area (Å²) in [5, 5.41) is 21.6. The zero-order valence-electron chi connectivity index (χ0n) is 10.5. The molecule has 0 aromatic heterocycles. The van der Waals surface area contributed by atoms with E-state index >= 15 is 0 Å². The SMILES string of the molecule is O=[N+]([O-])[C@@H]1[C@H](O)c2ccccc2O[C@@H]1c1ccccc1. The number of benzene rings is 2. The van der Waals surface area contributed by atoms with Gasteiger partial charge in [0.25, 0.3) is 6.04 Å². The lowest BCUT2D eigenvalue weighted by atomic mass is 9.90. The maximum absolute atomic E-state index is 11.3. The second kappa shape index (κ2) is 4.94. The fraction of sp³-hybridized carbons (Fsp3) is 0.200. The van der Waals surface area contributed by atoms with Crippen molar-refractivity contribution in [2.75, 3.05) is 0 Å². The van der Waals surface area contributed by atoms with Crippen molar-refractivity contribution in [1.82, 2.24) is 0 Å². The molecule has 1 aliphatic heterocycles. The van der Waals surface area contributed by atoms with Gasteiger partial charge >= 0.3 is 0 Å². The van der Waals surface area contributed by atoms with E-state index in [1.54, 1.807) is 48.5 Å². The lowest BCUT2D eigenvalue weighted by Crippen LogP contribution is -2.40. The molecular formula is C15H13NO4. The van der Waals surface area contributed by atoms with Crippen LogP contribution in [-0.4, -0.2) is 16.1 Å². The van der Waals surface area contributed by atoms with Crippen molar-refractivity contribution in [2.24, 2.45) is 0 Å². The van der Waals surface area contributed by atoms with Crippen molar-refractivity contribution in [1.29, 1.82) is 0 Å². The minimum atomic E-state index is -1.22. The van der Waals surface area contributed by atoms with Crippen molar-refractivity contribution in [3.63, 3.8) is 0 Å². The number of nitro groups is 1. The van der Waals surface area contributed by atoms with Crippen LogP contribution in [0, 0.1) is 10.1 Å². The van der Waals surface area contributed by atoms with Crippen molar-refractivity contribution in [3.05, 3.63) is 75.8 Å². The van der Waals surface area contributed by atoms with Crippen LogP contribution < -0.4 is 4.74 Å². The van der Waals surface area contributed by atoms with Gasteiger partial charge in [-0.3, -0.25) is 10.1 Å². The molecule has 0 spiro atoms. The molecule has 3 atom stereocenters. The molecule has 20 heavy (non-hydrogen) atoms. The first-order valence-corrected chi connectivity index (χ1v) is 6.30. The predicted octanol–water partition coefficient (Wildman–Crippen LogP) is 2.50. The largest absolute Gasteiger partial charge is 0.478 e. The van der Waals surface area contributed by atoms with E-state index in [1.807, 2.05) is 6.07 Å². The molecule has 0 fully saturated rings. The molecule has 0 saturated heterocycles. The fourth-order valence-electron chi connectivity index (χ4n) is 2.52. The summed E-state index contributed by atoms with van der Waals surface area (Å²) in [6.45, 7) is 0. The minimum absolute atomic E-state index is 0.460. The first-order valence-electron chi connectivity index (χ1n) is 6.30. The van der Waals surface area contributed by atoms with Crippen LogP contribution >= 0.6 is 0 Å².